The smallest absolute Gasteiger partial charge is 0.271 e. The number of hydrogen-bond acceptors (Lipinski definition) is 4. The number of nitrogens with zero attached hydrogens (tertiary/aromatic N) is 2. The van der Waals surface area contributed by atoms with Crippen molar-refractivity contribution in [3.05, 3.63) is 41.7 Å². The van der Waals surface area contributed by atoms with E-state index in [0.717, 1.165) is 9.87 Å². The molecule has 2 aromatic rings. The molecule has 2 rings (SSSR count). The number of carbonyl (C=O) groups excluding carboxylic acids is 1. The second kappa shape index (κ2) is 6.93. The van der Waals surface area contributed by atoms with Crippen LogP contribution in [0.2, 0.25) is 0 Å². The number of rotatable bonds is 6. The minimum absolute atomic E-state index is 0.0340. The van der Waals surface area contributed by atoms with E-state index in [4.69, 9.17) is 0 Å². The summed E-state index contributed by atoms with van der Waals surface area (Å²) in [5.74, 6) is 0.0601. The summed E-state index contributed by atoms with van der Waals surface area (Å²) in [7, 11) is -0.415. The van der Waals surface area contributed by atoms with Gasteiger partial charge in [0.2, 0.25) is 10.0 Å². The average molecular weight is 336 g/mol. The molecule has 0 bridgehead atoms. The van der Waals surface area contributed by atoms with Crippen LogP contribution in [0, 0.1) is 6.92 Å². The van der Waals surface area contributed by atoms with Crippen molar-refractivity contribution in [1.82, 2.24) is 19.6 Å². The Bertz CT molecular complexity index is 782. The second-order valence-corrected chi connectivity index (χ2v) is 7.58. The molecule has 124 valence electrons. The fraction of sp³-hybridized carbons (Fsp3) is 0.333. The van der Waals surface area contributed by atoms with Gasteiger partial charge in [-0.3, -0.25) is 4.79 Å². The van der Waals surface area contributed by atoms with Crippen molar-refractivity contribution in [2.24, 2.45) is 0 Å². The van der Waals surface area contributed by atoms with Gasteiger partial charge >= 0.3 is 0 Å². The Morgan fingerprint density at radius 2 is 1.91 bits per heavy atom. The van der Waals surface area contributed by atoms with Crippen LogP contribution in [-0.4, -0.2) is 55.0 Å². The molecule has 0 saturated carbocycles. The summed E-state index contributed by atoms with van der Waals surface area (Å²) in [4.78, 5) is 19.5. The summed E-state index contributed by atoms with van der Waals surface area (Å²) < 4.78 is 24.4. The summed E-state index contributed by atoms with van der Waals surface area (Å²) >= 11 is 0. The highest BCUT2D eigenvalue weighted by molar-refractivity contribution is 7.89. The first-order chi connectivity index (χ1) is 10.8. The first kappa shape index (κ1) is 17.2. The van der Waals surface area contributed by atoms with Crippen molar-refractivity contribution in [2.75, 3.05) is 26.4 Å². The van der Waals surface area contributed by atoms with Gasteiger partial charge in [-0.15, -0.1) is 0 Å². The van der Waals surface area contributed by atoms with Crippen LogP contribution in [0.25, 0.3) is 11.4 Å². The highest BCUT2D eigenvalue weighted by Gasteiger charge is 2.17. The van der Waals surface area contributed by atoms with Gasteiger partial charge in [0.25, 0.3) is 5.91 Å². The molecule has 7 nitrogen and oxygen atoms in total. The van der Waals surface area contributed by atoms with Crippen LogP contribution in [0.4, 0.5) is 0 Å². The van der Waals surface area contributed by atoms with Gasteiger partial charge in [-0.2, -0.15) is 0 Å². The third-order valence-corrected chi connectivity index (χ3v) is 5.18. The molecule has 0 unspecified atom stereocenters. The van der Waals surface area contributed by atoms with E-state index in [0.29, 0.717) is 11.5 Å². The number of hydrogen-bond donors (Lipinski definition) is 2. The normalized spacial score (nSPS) is 11.7. The molecule has 8 heteroatoms. The lowest BCUT2D eigenvalue weighted by Crippen LogP contribution is -2.34. The lowest BCUT2D eigenvalue weighted by Gasteiger charge is -2.11. The molecule has 0 radical (unpaired) electrons. The predicted octanol–water partition coefficient (Wildman–Crippen LogP) is 1.01. The molecular weight excluding hydrogens is 316 g/mol. The van der Waals surface area contributed by atoms with Crippen LogP contribution in [-0.2, 0) is 10.0 Å². The molecule has 0 fully saturated rings. The molecule has 23 heavy (non-hydrogen) atoms. The highest BCUT2D eigenvalue weighted by atomic mass is 32.2. The van der Waals surface area contributed by atoms with Crippen LogP contribution >= 0.6 is 0 Å². The van der Waals surface area contributed by atoms with Crippen molar-refractivity contribution < 1.29 is 13.2 Å². The minimum Gasteiger partial charge on any atom is -0.350 e. The second-order valence-electron chi connectivity index (χ2n) is 5.28. The van der Waals surface area contributed by atoms with Gasteiger partial charge in [-0.1, -0.05) is 30.3 Å². The van der Waals surface area contributed by atoms with Crippen molar-refractivity contribution in [3.63, 3.8) is 0 Å². The van der Waals surface area contributed by atoms with Crippen LogP contribution in [0.1, 0.15) is 16.2 Å². The summed E-state index contributed by atoms with van der Waals surface area (Å²) in [6.45, 7) is 1.79. The lowest BCUT2D eigenvalue weighted by molar-refractivity contribution is 0.0951. The minimum atomic E-state index is -3.33. The van der Waals surface area contributed by atoms with Gasteiger partial charge in [0, 0.05) is 31.9 Å². The Balaban J connectivity index is 2.05. The summed E-state index contributed by atoms with van der Waals surface area (Å²) in [5, 5.41) is 2.59. The van der Waals surface area contributed by atoms with E-state index in [9.17, 15) is 13.2 Å². The molecule has 0 aliphatic carbocycles. The Morgan fingerprint density at radius 3 is 2.52 bits per heavy atom. The molecular formula is C15H20N4O3S. The molecule has 0 aliphatic rings. The van der Waals surface area contributed by atoms with E-state index in [1.165, 1.54) is 14.1 Å². The van der Waals surface area contributed by atoms with Crippen LogP contribution in [0.3, 0.4) is 0 Å². The number of sulfonamides is 1. The predicted molar refractivity (Wildman–Crippen MR) is 88.6 cm³/mol. The number of carbonyl (C=O) groups is 1. The van der Waals surface area contributed by atoms with E-state index in [-0.39, 0.29) is 18.0 Å². The fourth-order valence-electron chi connectivity index (χ4n) is 1.97. The number of nitrogens with one attached hydrogen (secondary N) is 2. The maximum atomic E-state index is 12.2. The summed E-state index contributed by atoms with van der Waals surface area (Å²) in [6, 6.07) is 9.46. The standard InChI is InChI=1S/C15H20N4O3S/c1-11-13(15(20)16-9-10-23(21,22)19(2)3)18-14(17-11)12-7-5-4-6-8-12/h4-8H,9-10H2,1-3H3,(H,16,20)(H,17,18). The van der Waals surface area contributed by atoms with Gasteiger partial charge in [0.15, 0.2) is 0 Å². The van der Waals surface area contributed by atoms with Crippen LogP contribution in [0.5, 0.6) is 0 Å². The number of amides is 1. The zero-order valence-electron chi connectivity index (χ0n) is 13.3. The Kier molecular flexibility index (Phi) is 5.17. The van der Waals surface area contributed by atoms with Gasteiger partial charge < -0.3 is 10.3 Å². The van der Waals surface area contributed by atoms with Crippen molar-refractivity contribution >= 4 is 15.9 Å². The molecule has 0 aliphatic heterocycles. The topological polar surface area (TPSA) is 95.2 Å². The average Bonchev–Trinajstić information content (AvgIpc) is 2.90. The summed E-state index contributed by atoms with van der Waals surface area (Å²) in [6.07, 6.45) is 0. The maximum absolute atomic E-state index is 12.2. The monoisotopic (exact) mass is 336 g/mol. The largest absolute Gasteiger partial charge is 0.350 e. The number of H-pyrrole nitrogens is 1. The third kappa shape index (κ3) is 4.17. The zero-order chi connectivity index (χ0) is 17.0. The first-order valence-electron chi connectivity index (χ1n) is 7.11. The molecule has 0 saturated heterocycles. The molecule has 0 spiro atoms. The van der Waals surface area contributed by atoms with E-state index in [2.05, 4.69) is 15.3 Å². The number of imidazole rings is 1. The van der Waals surface area contributed by atoms with E-state index < -0.39 is 15.9 Å². The number of benzene rings is 1. The van der Waals surface area contributed by atoms with Gasteiger partial charge in [0.05, 0.1) is 5.75 Å². The maximum Gasteiger partial charge on any atom is 0.271 e. The number of aryl methyl sites for hydroxylation is 1. The molecule has 1 aromatic carbocycles. The van der Waals surface area contributed by atoms with E-state index in [1.807, 2.05) is 30.3 Å². The molecule has 1 heterocycles. The van der Waals surface area contributed by atoms with Gasteiger partial charge in [-0.05, 0) is 6.92 Å². The first-order valence-corrected chi connectivity index (χ1v) is 8.72. The van der Waals surface area contributed by atoms with Crippen molar-refractivity contribution in [1.29, 1.82) is 0 Å². The lowest BCUT2D eigenvalue weighted by atomic mass is 10.2. The SMILES string of the molecule is Cc1[nH]c(-c2ccccc2)nc1C(=O)NCCS(=O)(=O)N(C)C. The fourth-order valence-corrected chi connectivity index (χ4v) is 2.70. The van der Waals surface area contributed by atoms with Crippen LogP contribution in [0.15, 0.2) is 30.3 Å². The van der Waals surface area contributed by atoms with E-state index in [1.54, 1.807) is 6.92 Å². The van der Waals surface area contributed by atoms with Gasteiger partial charge in [-0.25, -0.2) is 17.7 Å². The third-order valence-electron chi connectivity index (χ3n) is 3.35. The quantitative estimate of drug-likeness (QED) is 0.823. The zero-order valence-corrected chi connectivity index (χ0v) is 14.1. The Morgan fingerprint density at radius 1 is 1.26 bits per heavy atom. The molecule has 0 atom stereocenters. The number of aromatic amines is 1. The Labute approximate surface area is 135 Å². The van der Waals surface area contributed by atoms with Crippen LogP contribution < -0.4 is 5.32 Å². The van der Waals surface area contributed by atoms with Crippen molar-refractivity contribution in [2.45, 2.75) is 6.92 Å². The van der Waals surface area contributed by atoms with E-state index >= 15 is 0 Å². The Hall–Kier alpha value is -2.19. The number of aromatic nitrogens is 2. The van der Waals surface area contributed by atoms with Gasteiger partial charge in [0.1, 0.15) is 11.5 Å². The van der Waals surface area contributed by atoms with Crippen molar-refractivity contribution in [3.8, 4) is 11.4 Å². The molecule has 2 N–H and O–H groups in total. The molecule has 1 amide bonds. The molecule has 1 aromatic heterocycles. The summed E-state index contributed by atoms with van der Waals surface area (Å²) in [5.41, 5.74) is 1.78. The highest BCUT2D eigenvalue weighted by Crippen LogP contribution is 2.17.